The fraction of sp³-hybridized carbons (Fsp3) is 0.385. The van der Waals surface area contributed by atoms with E-state index in [0.29, 0.717) is 5.95 Å². The molecule has 2 aromatic heterocycles. The molecule has 18 heavy (non-hydrogen) atoms. The SMILES string of the molecule is CCCNc1nccc(NC(C)c2cccs2)n1. The van der Waals surface area contributed by atoms with Crippen molar-refractivity contribution >= 4 is 23.1 Å². The molecule has 2 N–H and O–H groups in total. The van der Waals surface area contributed by atoms with Gasteiger partial charge in [-0.25, -0.2) is 4.98 Å². The lowest BCUT2D eigenvalue weighted by atomic mass is 10.3. The van der Waals surface area contributed by atoms with Gasteiger partial charge in [0.1, 0.15) is 5.82 Å². The van der Waals surface area contributed by atoms with Crippen molar-refractivity contribution in [3.63, 3.8) is 0 Å². The Hall–Kier alpha value is -1.62. The quantitative estimate of drug-likeness (QED) is 0.836. The Morgan fingerprint density at radius 2 is 2.28 bits per heavy atom. The second-order valence-electron chi connectivity index (χ2n) is 4.07. The Morgan fingerprint density at radius 3 is 3.00 bits per heavy atom. The number of hydrogen-bond donors (Lipinski definition) is 2. The molecule has 0 spiro atoms. The second-order valence-corrected chi connectivity index (χ2v) is 5.05. The van der Waals surface area contributed by atoms with E-state index in [2.05, 4.69) is 52.0 Å². The van der Waals surface area contributed by atoms with E-state index < -0.39 is 0 Å². The van der Waals surface area contributed by atoms with Crippen molar-refractivity contribution in [3.05, 3.63) is 34.7 Å². The van der Waals surface area contributed by atoms with Crippen molar-refractivity contribution in [1.29, 1.82) is 0 Å². The number of nitrogens with one attached hydrogen (secondary N) is 2. The summed E-state index contributed by atoms with van der Waals surface area (Å²) >= 11 is 1.75. The minimum atomic E-state index is 0.263. The van der Waals surface area contributed by atoms with Gasteiger partial charge < -0.3 is 10.6 Å². The molecule has 4 nitrogen and oxygen atoms in total. The summed E-state index contributed by atoms with van der Waals surface area (Å²) in [5, 5.41) is 8.65. The zero-order chi connectivity index (χ0) is 12.8. The zero-order valence-electron chi connectivity index (χ0n) is 10.7. The first kappa shape index (κ1) is 12.8. The minimum absolute atomic E-state index is 0.263. The second kappa shape index (κ2) is 6.35. The summed E-state index contributed by atoms with van der Waals surface area (Å²) in [4.78, 5) is 9.92. The van der Waals surface area contributed by atoms with E-state index in [-0.39, 0.29) is 6.04 Å². The Kier molecular flexibility index (Phi) is 4.52. The van der Waals surface area contributed by atoms with Gasteiger partial charge in [0, 0.05) is 17.6 Å². The molecule has 0 bridgehead atoms. The summed E-state index contributed by atoms with van der Waals surface area (Å²) in [7, 11) is 0. The lowest BCUT2D eigenvalue weighted by Gasteiger charge is -2.13. The van der Waals surface area contributed by atoms with Crippen LogP contribution in [-0.2, 0) is 0 Å². The molecule has 0 aliphatic carbocycles. The highest BCUT2D eigenvalue weighted by Crippen LogP contribution is 2.22. The highest BCUT2D eigenvalue weighted by molar-refractivity contribution is 7.10. The monoisotopic (exact) mass is 262 g/mol. The van der Waals surface area contributed by atoms with Crippen molar-refractivity contribution < 1.29 is 0 Å². The van der Waals surface area contributed by atoms with Gasteiger partial charge in [0.25, 0.3) is 0 Å². The number of rotatable bonds is 6. The molecule has 1 unspecified atom stereocenters. The van der Waals surface area contributed by atoms with Crippen LogP contribution < -0.4 is 10.6 Å². The molecular formula is C13H18N4S. The van der Waals surface area contributed by atoms with Gasteiger partial charge in [-0.15, -0.1) is 11.3 Å². The molecule has 2 aromatic rings. The van der Waals surface area contributed by atoms with E-state index in [1.165, 1.54) is 4.88 Å². The van der Waals surface area contributed by atoms with Crippen molar-refractivity contribution in [2.45, 2.75) is 26.3 Å². The molecular weight excluding hydrogens is 244 g/mol. The Balaban J connectivity index is 2.00. The maximum absolute atomic E-state index is 4.43. The number of nitrogens with zero attached hydrogens (tertiary/aromatic N) is 2. The van der Waals surface area contributed by atoms with Gasteiger partial charge in [-0.2, -0.15) is 4.98 Å². The lowest BCUT2D eigenvalue weighted by molar-refractivity contribution is 0.889. The highest BCUT2D eigenvalue weighted by Gasteiger charge is 2.07. The predicted molar refractivity (Wildman–Crippen MR) is 77.2 cm³/mol. The van der Waals surface area contributed by atoms with E-state index in [1.54, 1.807) is 17.5 Å². The Bertz CT molecular complexity index is 470. The molecule has 2 heterocycles. The number of thiophene rings is 1. The van der Waals surface area contributed by atoms with Crippen LogP contribution in [0.2, 0.25) is 0 Å². The molecule has 0 aliphatic heterocycles. The van der Waals surface area contributed by atoms with Gasteiger partial charge in [-0.3, -0.25) is 0 Å². The Labute approximate surface area is 111 Å². The van der Waals surface area contributed by atoms with Crippen molar-refractivity contribution in [2.24, 2.45) is 0 Å². The molecule has 96 valence electrons. The molecule has 0 amide bonds. The molecule has 1 atom stereocenters. The summed E-state index contributed by atoms with van der Waals surface area (Å²) in [5.41, 5.74) is 0. The fourth-order valence-electron chi connectivity index (χ4n) is 1.59. The van der Waals surface area contributed by atoms with Crippen LogP contribution in [0.4, 0.5) is 11.8 Å². The van der Waals surface area contributed by atoms with Gasteiger partial charge >= 0.3 is 0 Å². The largest absolute Gasteiger partial charge is 0.363 e. The smallest absolute Gasteiger partial charge is 0.224 e. The average molecular weight is 262 g/mol. The topological polar surface area (TPSA) is 49.8 Å². The number of hydrogen-bond acceptors (Lipinski definition) is 5. The molecule has 0 aliphatic rings. The minimum Gasteiger partial charge on any atom is -0.363 e. The molecule has 2 rings (SSSR count). The third-order valence-corrected chi connectivity index (χ3v) is 3.58. The first-order chi connectivity index (χ1) is 8.79. The van der Waals surface area contributed by atoms with E-state index in [9.17, 15) is 0 Å². The van der Waals surface area contributed by atoms with Gasteiger partial charge in [0.15, 0.2) is 0 Å². The van der Waals surface area contributed by atoms with Crippen molar-refractivity contribution in [1.82, 2.24) is 9.97 Å². The molecule has 5 heteroatoms. The summed E-state index contributed by atoms with van der Waals surface area (Å²) in [6.07, 6.45) is 2.83. The first-order valence-electron chi connectivity index (χ1n) is 6.16. The lowest BCUT2D eigenvalue weighted by Crippen LogP contribution is -2.09. The molecule has 0 aromatic carbocycles. The van der Waals surface area contributed by atoms with Crippen molar-refractivity contribution in [3.8, 4) is 0 Å². The van der Waals surface area contributed by atoms with Crippen LogP contribution in [0.25, 0.3) is 0 Å². The maximum Gasteiger partial charge on any atom is 0.224 e. The number of anilines is 2. The summed E-state index contributed by atoms with van der Waals surface area (Å²) in [6, 6.07) is 6.34. The van der Waals surface area contributed by atoms with E-state index in [1.807, 2.05) is 6.07 Å². The third-order valence-electron chi connectivity index (χ3n) is 2.52. The average Bonchev–Trinajstić information content (AvgIpc) is 2.91. The first-order valence-corrected chi connectivity index (χ1v) is 7.04. The van der Waals surface area contributed by atoms with E-state index >= 15 is 0 Å². The van der Waals surface area contributed by atoms with Crippen LogP contribution in [-0.4, -0.2) is 16.5 Å². The van der Waals surface area contributed by atoms with Crippen LogP contribution in [0, 0.1) is 0 Å². The normalized spacial score (nSPS) is 12.1. The van der Waals surface area contributed by atoms with E-state index in [0.717, 1.165) is 18.8 Å². The fourth-order valence-corrected chi connectivity index (χ4v) is 2.33. The summed E-state index contributed by atoms with van der Waals surface area (Å²) in [6.45, 7) is 5.14. The molecule has 0 fully saturated rings. The van der Waals surface area contributed by atoms with Crippen LogP contribution in [0.15, 0.2) is 29.8 Å². The molecule has 0 radical (unpaired) electrons. The number of aromatic nitrogens is 2. The van der Waals surface area contributed by atoms with Crippen LogP contribution >= 0.6 is 11.3 Å². The van der Waals surface area contributed by atoms with Crippen LogP contribution in [0.1, 0.15) is 31.2 Å². The summed E-state index contributed by atoms with van der Waals surface area (Å²) < 4.78 is 0. The standard InChI is InChI=1S/C13H18N4S/c1-3-7-14-13-15-8-6-12(17-13)16-10(2)11-5-4-9-18-11/h4-6,8-10H,3,7H2,1-2H3,(H2,14,15,16,17). The van der Waals surface area contributed by atoms with Crippen LogP contribution in [0.5, 0.6) is 0 Å². The third kappa shape index (κ3) is 3.43. The molecule has 0 saturated carbocycles. The Morgan fingerprint density at radius 1 is 1.39 bits per heavy atom. The van der Waals surface area contributed by atoms with E-state index in [4.69, 9.17) is 0 Å². The molecule has 0 saturated heterocycles. The van der Waals surface area contributed by atoms with Crippen LogP contribution in [0.3, 0.4) is 0 Å². The van der Waals surface area contributed by atoms with Gasteiger partial charge in [0.05, 0.1) is 6.04 Å². The zero-order valence-corrected chi connectivity index (χ0v) is 11.5. The maximum atomic E-state index is 4.43. The predicted octanol–water partition coefficient (Wildman–Crippen LogP) is 3.53. The van der Waals surface area contributed by atoms with Crippen molar-refractivity contribution in [2.75, 3.05) is 17.2 Å². The highest BCUT2D eigenvalue weighted by atomic mass is 32.1. The van der Waals surface area contributed by atoms with Gasteiger partial charge in [0.2, 0.25) is 5.95 Å². The summed E-state index contributed by atoms with van der Waals surface area (Å²) in [5.74, 6) is 1.53. The van der Waals surface area contributed by atoms with Gasteiger partial charge in [-0.05, 0) is 30.9 Å². The van der Waals surface area contributed by atoms with Gasteiger partial charge in [-0.1, -0.05) is 13.0 Å².